The first kappa shape index (κ1) is 13.7. The van der Waals surface area contributed by atoms with Crippen molar-refractivity contribution < 1.29 is 9.59 Å². The Morgan fingerprint density at radius 1 is 1.21 bits per heavy atom. The lowest BCUT2D eigenvalue weighted by Gasteiger charge is -2.41. The maximum atomic E-state index is 13.1. The minimum Gasteiger partial charge on any atom is -0.283 e. The Labute approximate surface area is 137 Å². The minimum absolute atomic E-state index is 0.202. The molecule has 7 heteroatoms. The molecule has 5 rings (SSSR count). The van der Waals surface area contributed by atoms with E-state index in [4.69, 9.17) is 0 Å². The molecular weight excluding hydrogens is 308 g/mol. The third-order valence-corrected chi connectivity index (χ3v) is 5.79. The van der Waals surface area contributed by atoms with Crippen molar-refractivity contribution in [2.24, 2.45) is 7.05 Å². The van der Waals surface area contributed by atoms with Crippen molar-refractivity contribution in [3.05, 3.63) is 39.8 Å². The number of benzene rings is 1. The molecule has 2 unspecified atom stereocenters. The number of hydrogen-bond acceptors (Lipinski definition) is 4. The van der Waals surface area contributed by atoms with Gasteiger partial charge in [0.05, 0.1) is 0 Å². The van der Waals surface area contributed by atoms with E-state index in [1.807, 2.05) is 18.2 Å². The van der Waals surface area contributed by atoms with Gasteiger partial charge >= 0.3 is 5.69 Å². The number of aromatic nitrogens is 3. The van der Waals surface area contributed by atoms with Gasteiger partial charge in [0.1, 0.15) is 11.5 Å². The lowest BCUT2D eigenvalue weighted by atomic mass is 9.63. The van der Waals surface area contributed by atoms with Gasteiger partial charge in [0.25, 0.3) is 5.91 Å². The molecule has 2 amide bonds. The summed E-state index contributed by atoms with van der Waals surface area (Å²) in [6.07, 6.45) is 2.28. The largest absolute Gasteiger partial charge is 0.346 e. The van der Waals surface area contributed by atoms with Crippen molar-refractivity contribution >= 4 is 11.8 Å². The number of amides is 2. The number of likely N-dealkylation sites (N-methyl/N-ethyl adjacent to an activating group) is 1. The topological polar surface area (TPSA) is 77.2 Å². The third kappa shape index (κ3) is 1.24. The molecule has 0 saturated carbocycles. The molecule has 1 aliphatic carbocycles. The predicted octanol–water partition coefficient (Wildman–Crippen LogP) is 0.376. The van der Waals surface area contributed by atoms with Crippen LogP contribution in [0.2, 0.25) is 0 Å². The van der Waals surface area contributed by atoms with E-state index < -0.39 is 11.5 Å². The second-order valence-electron chi connectivity index (χ2n) is 6.87. The number of likely N-dealkylation sites (tertiary alicyclic amines) is 1. The van der Waals surface area contributed by atoms with E-state index in [9.17, 15) is 14.4 Å². The summed E-state index contributed by atoms with van der Waals surface area (Å²) in [5.41, 5.74) is 1.48. The van der Waals surface area contributed by atoms with Gasteiger partial charge in [-0.3, -0.25) is 19.1 Å². The number of imide groups is 1. The zero-order chi connectivity index (χ0) is 16.8. The Morgan fingerprint density at radius 3 is 2.79 bits per heavy atom. The van der Waals surface area contributed by atoms with Gasteiger partial charge in [-0.1, -0.05) is 18.2 Å². The fraction of sp³-hybridized carbons (Fsp3) is 0.412. The van der Waals surface area contributed by atoms with Gasteiger partial charge in [0.15, 0.2) is 5.82 Å². The highest BCUT2D eigenvalue weighted by atomic mass is 16.2. The van der Waals surface area contributed by atoms with Crippen LogP contribution in [0.3, 0.4) is 0 Å². The standard InChI is InChI=1S/C17H16N4O3/c1-19-14(22)12-17(15(19)23)8-4-6-9-5-3-7-10(11(9)17)13-18-20(2)16(24)21(12)13/h3,5,7,12H,4,6,8H2,1-2H3. The number of nitrogens with zero attached hydrogens (tertiary/aromatic N) is 4. The van der Waals surface area contributed by atoms with Crippen LogP contribution < -0.4 is 5.69 Å². The highest BCUT2D eigenvalue weighted by Crippen LogP contribution is 2.56. The summed E-state index contributed by atoms with van der Waals surface area (Å²) in [7, 11) is 3.08. The van der Waals surface area contributed by atoms with Crippen molar-refractivity contribution in [1.29, 1.82) is 0 Å². The molecule has 0 N–H and O–H groups in total. The summed E-state index contributed by atoms with van der Waals surface area (Å²) in [5.74, 6) is -0.0377. The van der Waals surface area contributed by atoms with Crippen LogP contribution in [0.1, 0.15) is 30.0 Å². The summed E-state index contributed by atoms with van der Waals surface area (Å²) in [6.45, 7) is 0. The highest BCUT2D eigenvalue weighted by Gasteiger charge is 2.64. The molecule has 3 aliphatic rings. The van der Waals surface area contributed by atoms with E-state index in [-0.39, 0.29) is 17.5 Å². The van der Waals surface area contributed by atoms with E-state index in [2.05, 4.69) is 5.10 Å². The van der Waals surface area contributed by atoms with Crippen molar-refractivity contribution in [3.63, 3.8) is 0 Å². The van der Waals surface area contributed by atoms with Gasteiger partial charge in [-0.25, -0.2) is 9.48 Å². The zero-order valence-corrected chi connectivity index (χ0v) is 13.4. The fourth-order valence-electron chi connectivity index (χ4n) is 4.83. The number of hydrogen-bond donors (Lipinski definition) is 0. The van der Waals surface area contributed by atoms with E-state index in [1.54, 1.807) is 7.05 Å². The molecule has 1 fully saturated rings. The molecule has 0 radical (unpaired) electrons. The Morgan fingerprint density at radius 2 is 2.00 bits per heavy atom. The van der Waals surface area contributed by atoms with Gasteiger partial charge in [-0.05, 0) is 30.4 Å². The van der Waals surface area contributed by atoms with Crippen LogP contribution in [-0.2, 0) is 28.5 Å². The molecular formula is C17H16N4O3. The van der Waals surface area contributed by atoms with Crippen LogP contribution in [0.5, 0.6) is 0 Å². The molecule has 122 valence electrons. The Bertz CT molecular complexity index is 1000. The Balaban J connectivity index is 2.00. The SMILES string of the molecule is CN1C(=O)C2n3c(nn(C)c3=O)-c3cccc4c3C2(CCC4)C1=O. The fourth-order valence-corrected chi connectivity index (χ4v) is 4.83. The van der Waals surface area contributed by atoms with E-state index >= 15 is 0 Å². The van der Waals surface area contributed by atoms with Gasteiger partial charge in [-0.15, -0.1) is 5.10 Å². The minimum atomic E-state index is -0.962. The van der Waals surface area contributed by atoms with Crippen molar-refractivity contribution in [2.45, 2.75) is 30.7 Å². The Hall–Kier alpha value is -2.70. The number of carbonyl (C=O) groups excluding carboxylic acids is 2. The van der Waals surface area contributed by atoms with Crippen LogP contribution >= 0.6 is 0 Å². The molecule has 3 heterocycles. The quantitative estimate of drug-likeness (QED) is 0.656. The number of fused-ring (bicyclic) bond motifs is 3. The normalized spacial score (nSPS) is 27.1. The number of carbonyl (C=O) groups is 2. The number of rotatable bonds is 0. The van der Waals surface area contributed by atoms with Gasteiger partial charge < -0.3 is 0 Å². The third-order valence-electron chi connectivity index (χ3n) is 5.79. The van der Waals surface area contributed by atoms with Crippen LogP contribution in [-0.4, -0.2) is 38.1 Å². The Kier molecular flexibility index (Phi) is 2.30. The summed E-state index contributed by atoms with van der Waals surface area (Å²) < 4.78 is 2.68. The molecule has 1 aromatic carbocycles. The second kappa shape index (κ2) is 4.03. The second-order valence-corrected chi connectivity index (χ2v) is 6.87. The van der Waals surface area contributed by atoms with E-state index in [0.717, 1.165) is 29.5 Å². The van der Waals surface area contributed by atoms with Crippen LogP contribution in [0.15, 0.2) is 23.0 Å². The van der Waals surface area contributed by atoms with Crippen molar-refractivity contribution in [3.8, 4) is 11.4 Å². The van der Waals surface area contributed by atoms with Crippen LogP contribution in [0.4, 0.5) is 0 Å². The van der Waals surface area contributed by atoms with Crippen LogP contribution in [0, 0.1) is 0 Å². The smallest absolute Gasteiger partial charge is 0.283 e. The molecule has 1 spiro atoms. The summed E-state index contributed by atoms with van der Waals surface area (Å²) in [6, 6.07) is 5.03. The molecule has 2 atom stereocenters. The molecule has 1 saturated heterocycles. The summed E-state index contributed by atoms with van der Waals surface area (Å²) >= 11 is 0. The molecule has 2 aromatic rings. The molecule has 2 aliphatic heterocycles. The average molecular weight is 324 g/mol. The monoisotopic (exact) mass is 324 g/mol. The van der Waals surface area contributed by atoms with Crippen molar-refractivity contribution in [2.75, 3.05) is 7.05 Å². The highest BCUT2D eigenvalue weighted by molar-refractivity contribution is 6.13. The zero-order valence-electron chi connectivity index (χ0n) is 13.4. The van der Waals surface area contributed by atoms with Gasteiger partial charge in [0, 0.05) is 19.7 Å². The van der Waals surface area contributed by atoms with Gasteiger partial charge in [0.2, 0.25) is 5.91 Å². The van der Waals surface area contributed by atoms with Crippen molar-refractivity contribution in [1.82, 2.24) is 19.2 Å². The summed E-state index contributed by atoms with van der Waals surface area (Å²) in [5, 5.41) is 4.35. The molecule has 1 aromatic heterocycles. The molecule has 7 nitrogen and oxygen atoms in total. The van der Waals surface area contributed by atoms with E-state index in [1.165, 1.54) is 21.2 Å². The summed E-state index contributed by atoms with van der Waals surface area (Å²) in [4.78, 5) is 39.9. The molecule has 0 bridgehead atoms. The first-order valence-corrected chi connectivity index (χ1v) is 8.09. The maximum Gasteiger partial charge on any atom is 0.346 e. The first-order chi connectivity index (χ1) is 11.5. The first-order valence-electron chi connectivity index (χ1n) is 8.09. The maximum absolute atomic E-state index is 13.1. The van der Waals surface area contributed by atoms with Crippen LogP contribution in [0.25, 0.3) is 11.4 Å². The number of aryl methyl sites for hydroxylation is 2. The lowest BCUT2D eigenvalue weighted by Crippen LogP contribution is -2.48. The van der Waals surface area contributed by atoms with Gasteiger partial charge in [-0.2, -0.15) is 0 Å². The average Bonchev–Trinajstić information content (AvgIpc) is 2.97. The lowest BCUT2D eigenvalue weighted by molar-refractivity contribution is -0.138. The molecule has 24 heavy (non-hydrogen) atoms. The predicted molar refractivity (Wildman–Crippen MR) is 84.3 cm³/mol. The van der Waals surface area contributed by atoms with E-state index in [0.29, 0.717) is 12.2 Å².